The minimum atomic E-state index is -3.53. The van der Waals surface area contributed by atoms with Gasteiger partial charge < -0.3 is 0 Å². The highest BCUT2D eigenvalue weighted by molar-refractivity contribution is 7.90. The van der Waals surface area contributed by atoms with Crippen LogP contribution in [-0.2, 0) is 9.84 Å². The van der Waals surface area contributed by atoms with E-state index in [1.807, 2.05) is 5.43 Å². The number of hydrogen-bond donors (Lipinski definition) is 2. The van der Waals surface area contributed by atoms with E-state index in [1.54, 1.807) is 0 Å². The number of halogens is 2. The van der Waals surface area contributed by atoms with Crippen molar-refractivity contribution >= 4 is 33.3 Å². The van der Waals surface area contributed by atoms with Crippen LogP contribution < -0.4 is 10.9 Å². The van der Waals surface area contributed by atoms with Crippen LogP contribution in [0, 0.1) is 5.82 Å². The molecule has 2 amide bonds. The number of carbonyl (C=O) groups excluding carboxylic acids is 2. The van der Waals surface area contributed by atoms with Crippen molar-refractivity contribution in [3.05, 3.63) is 64.4 Å². The quantitative estimate of drug-likeness (QED) is 0.808. The molecular weight excluding hydrogens is 359 g/mol. The van der Waals surface area contributed by atoms with E-state index in [0.29, 0.717) is 0 Å². The van der Waals surface area contributed by atoms with E-state index in [1.165, 1.54) is 30.3 Å². The van der Waals surface area contributed by atoms with Crippen molar-refractivity contribution in [3.63, 3.8) is 0 Å². The van der Waals surface area contributed by atoms with Crippen molar-refractivity contribution < 1.29 is 22.4 Å². The zero-order valence-electron chi connectivity index (χ0n) is 12.3. The molecule has 9 heteroatoms. The SMILES string of the molecule is CS(=O)(=O)c1ccc(Cl)c(C(=O)NNC(=O)c2ccccc2F)c1. The highest BCUT2D eigenvalue weighted by atomic mass is 35.5. The lowest BCUT2D eigenvalue weighted by Crippen LogP contribution is -2.42. The van der Waals surface area contributed by atoms with Gasteiger partial charge >= 0.3 is 0 Å². The maximum atomic E-state index is 13.5. The predicted molar refractivity (Wildman–Crippen MR) is 85.9 cm³/mol. The smallest absolute Gasteiger partial charge is 0.267 e. The summed E-state index contributed by atoms with van der Waals surface area (Å²) < 4.78 is 36.5. The van der Waals surface area contributed by atoms with Crippen molar-refractivity contribution in [1.82, 2.24) is 10.9 Å². The monoisotopic (exact) mass is 370 g/mol. The van der Waals surface area contributed by atoms with E-state index < -0.39 is 27.5 Å². The Morgan fingerprint density at radius 3 is 2.17 bits per heavy atom. The second kappa shape index (κ2) is 6.98. The van der Waals surface area contributed by atoms with E-state index in [4.69, 9.17) is 11.6 Å². The van der Waals surface area contributed by atoms with Crippen LogP contribution in [0.4, 0.5) is 4.39 Å². The first kappa shape index (κ1) is 17.9. The molecule has 6 nitrogen and oxygen atoms in total. The normalized spacial score (nSPS) is 11.0. The highest BCUT2D eigenvalue weighted by Gasteiger charge is 2.17. The number of hydrogen-bond acceptors (Lipinski definition) is 4. The Balaban J connectivity index is 2.16. The molecule has 0 atom stereocenters. The average Bonchev–Trinajstić information content (AvgIpc) is 2.52. The van der Waals surface area contributed by atoms with Gasteiger partial charge in [-0.3, -0.25) is 20.4 Å². The fraction of sp³-hybridized carbons (Fsp3) is 0.0667. The molecule has 0 aliphatic heterocycles. The van der Waals surface area contributed by atoms with Crippen molar-refractivity contribution in [1.29, 1.82) is 0 Å². The molecule has 0 aliphatic rings. The molecule has 0 saturated heterocycles. The number of amides is 2. The van der Waals surface area contributed by atoms with Crippen LogP contribution in [0.2, 0.25) is 5.02 Å². The van der Waals surface area contributed by atoms with Crippen LogP contribution in [0.25, 0.3) is 0 Å². The van der Waals surface area contributed by atoms with Gasteiger partial charge in [0, 0.05) is 6.26 Å². The fourth-order valence-corrected chi connectivity index (χ4v) is 2.65. The summed E-state index contributed by atoms with van der Waals surface area (Å²) in [5.74, 6) is -2.45. The van der Waals surface area contributed by atoms with Crippen LogP contribution in [-0.4, -0.2) is 26.5 Å². The third kappa shape index (κ3) is 4.09. The Hall–Kier alpha value is -2.45. The first-order chi connectivity index (χ1) is 11.2. The van der Waals surface area contributed by atoms with Gasteiger partial charge in [-0.15, -0.1) is 0 Å². The lowest BCUT2D eigenvalue weighted by molar-refractivity contribution is 0.0844. The van der Waals surface area contributed by atoms with Crippen LogP contribution in [0.5, 0.6) is 0 Å². The van der Waals surface area contributed by atoms with E-state index in [0.717, 1.165) is 18.4 Å². The Bertz CT molecular complexity index is 915. The molecule has 0 heterocycles. The molecule has 2 rings (SSSR count). The van der Waals surface area contributed by atoms with Crippen molar-refractivity contribution in [2.75, 3.05) is 6.26 Å². The molecule has 126 valence electrons. The Labute approximate surface area is 142 Å². The number of nitrogens with one attached hydrogen (secondary N) is 2. The fourth-order valence-electron chi connectivity index (χ4n) is 1.80. The molecule has 2 aromatic rings. The molecule has 0 unspecified atom stereocenters. The molecule has 0 radical (unpaired) electrons. The predicted octanol–water partition coefficient (Wildman–Crippen LogP) is 1.96. The Morgan fingerprint density at radius 2 is 1.58 bits per heavy atom. The molecule has 24 heavy (non-hydrogen) atoms. The number of rotatable bonds is 3. The van der Waals surface area contributed by atoms with Gasteiger partial charge in [-0.1, -0.05) is 23.7 Å². The molecule has 0 aromatic heterocycles. The maximum Gasteiger partial charge on any atom is 0.272 e. The summed E-state index contributed by atoms with van der Waals surface area (Å²) in [4.78, 5) is 23.8. The largest absolute Gasteiger partial charge is 0.272 e. The van der Waals surface area contributed by atoms with E-state index in [2.05, 4.69) is 5.43 Å². The number of benzene rings is 2. The van der Waals surface area contributed by atoms with Crippen LogP contribution in [0.15, 0.2) is 47.4 Å². The lowest BCUT2D eigenvalue weighted by Gasteiger charge is -2.10. The summed E-state index contributed by atoms with van der Waals surface area (Å²) in [7, 11) is -3.53. The number of hydrazine groups is 1. The Morgan fingerprint density at radius 1 is 1.00 bits per heavy atom. The summed E-state index contributed by atoms with van der Waals surface area (Å²) in [6, 6.07) is 8.82. The molecule has 0 fully saturated rings. The zero-order valence-corrected chi connectivity index (χ0v) is 13.9. The minimum absolute atomic E-state index is 0.0000376. The summed E-state index contributed by atoms with van der Waals surface area (Å²) in [5.41, 5.74) is 3.70. The summed E-state index contributed by atoms with van der Waals surface area (Å²) in [5, 5.41) is 0.0000376. The van der Waals surface area contributed by atoms with Gasteiger partial charge in [-0.25, -0.2) is 12.8 Å². The Kier molecular flexibility index (Phi) is 5.20. The van der Waals surface area contributed by atoms with Gasteiger partial charge in [-0.05, 0) is 30.3 Å². The van der Waals surface area contributed by atoms with Gasteiger partial charge in [0.25, 0.3) is 11.8 Å². The number of carbonyl (C=O) groups is 2. The van der Waals surface area contributed by atoms with E-state index in [9.17, 15) is 22.4 Å². The zero-order chi connectivity index (χ0) is 17.9. The first-order valence-corrected chi connectivity index (χ1v) is 8.82. The van der Waals surface area contributed by atoms with Crippen molar-refractivity contribution in [2.24, 2.45) is 0 Å². The van der Waals surface area contributed by atoms with Gasteiger partial charge in [0.2, 0.25) is 0 Å². The van der Waals surface area contributed by atoms with Gasteiger partial charge in [0.1, 0.15) is 5.82 Å². The van der Waals surface area contributed by atoms with Crippen molar-refractivity contribution in [2.45, 2.75) is 4.90 Å². The van der Waals surface area contributed by atoms with Gasteiger partial charge in [-0.2, -0.15) is 0 Å². The third-order valence-electron chi connectivity index (χ3n) is 3.02. The lowest BCUT2D eigenvalue weighted by atomic mass is 10.2. The summed E-state index contributed by atoms with van der Waals surface area (Å²) >= 11 is 5.87. The van der Waals surface area contributed by atoms with Crippen LogP contribution in [0.3, 0.4) is 0 Å². The highest BCUT2D eigenvalue weighted by Crippen LogP contribution is 2.20. The average molecular weight is 371 g/mol. The molecule has 2 N–H and O–H groups in total. The van der Waals surface area contributed by atoms with Gasteiger partial charge in [0.05, 0.1) is 21.0 Å². The van der Waals surface area contributed by atoms with E-state index in [-0.39, 0.29) is 21.0 Å². The molecule has 0 saturated carbocycles. The molecule has 0 aliphatic carbocycles. The number of sulfone groups is 1. The first-order valence-electron chi connectivity index (χ1n) is 6.55. The van der Waals surface area contributed by atoms with Crippen LogP contribution >= 0.6 is 11.6 Å². The second-order valence-electron chi connectivity index (χ2n) is 4.80. The molecule has 2 aromatic carbocycles. The summed E-state index contributed by atoms with van der Waals surface area (Å²) in [6.07, 6.45) is 0.984. The van der Waals surface area contributed by atoms with Crippen LogP contribution in [0.1, 0.15) is 20.7 Å². The molecular formula is C15H12ClFN2O4S. The van der Waals surface area contributed by atoms with Gasteiger partial charge in [0.15, 0.2) is 9.84 Å². The molecule has 0 spiro atoms. The standard InChI is InChI=1S/C15H12ClFN2O4S/c1-24(22,23)9-6-7-12(16)11(8-9)15(21)19-18-14(20)10-4-2-3-5-13(10)17/h2-8H,1H3,(H,18,20)(H,19,21). The second-order valence-corrected chi connectivity index (χ2v) is 7.22. The summed E-state index contributed by atoms with van der Waals surface area (Å²) in [6.45, 7) is 0. The van der Waals surface area contributed by atoms with E-state index >= 15 is 0 Å². The topological polar surface area (TPSA) is 92.3 Å². The third-order valence-corrected chi connectivity index (χ3v) is 4.46. The molecule has 0 bridgehead atoms. The minimum Gasteiger partial charge on any atom is -0.267 e. The van der Waals surface area contributed by atoms with Crippen molar-refractivity contribution in [3.8, 4) is 0 Å². The maximum absolute atomic E-state index is 13.5.